The van der Waals surface area contributed by atoms with Crippen LogP contribution < -0.4 is 0 Å². The maximum Gasteiger partial charge on any atom is 0.311 e. The highest BCUT2D eigenvalue weighted by Gasteiger charge is 2.29. The van der Waals surface area contributed by atoms with Crippen molar-refractivity contribution in [2.75, 3.05) is 23.0 Å². The van der Waals surface area contributed by atoms with Gasteiger partial charge in [0.15, 0.2) is 0 Å². The molecular weight excluding hydrogens is 392 g/mol. The van der Waals surface area contributed by atoms with Gasteiger partial charge >= 0.3 is 11.9 Å². The normalized spacial score (nSPS) is 12.0. The summed E-state index contributed by atoms with van der Waals surface area (Å²) >= 11 is 3.68. The summed E-state index contributed by atoms with van der Waals surface area (Å²) in [6.07, 6.45) is 2.59. The number of carboxylic acid groups (broad SMARTS) is 1. The lowest BCUT2D eigenvalue weighted by Gasteiger charge is -2.22. The van der Waals surface area contributed by atoms with Crippen molar-refractivity contribution in [2.45, 2.75) is 53.6 Å². The topological polar surface area (TPSA) is 63.6 Å². The lowest BCUT2D eigenvalue weighted by molar-refractivity contribution is -0.155. The Kier molecular flexibility index (Phi) is 11.1. The SMILES string of the molecule is CC(C)(CCSCCCSCCC(C)(C)C(=O)OCc1ccccc1)C(=O)O. The molecular formula is C22H34O4S2. The molecule has 0 bridgehead atoms. The quantitative estimate of drug-likeness (QED) is 0.313. The first-order valence-electron chi connectivity index (χ1n) is 9.75. The Morgan fingerprint density at radius 2 is 1.43 bits per heavy atom. The van der Waals surface area contributed by atoms with E-state index in [-0.39, 0.29) is 5.97 Å². The van der Waals surface area contributed by atoms with Crippen LogP contribution >= 0.6 is 23.5 Å². The van der Waals surface area contributed by atoms with Crippen molar-refractivity contribution in [3.63, 3.8) is 0 Å². The highest BCUT2D eigenvalue weighted by atomic mass is 32.2. The summed E-state index contributed by atoms with van der Waals surface area (Å²) in [6, 6.07) is 9.74. The summed E-state index contributed by atoms with van der Waals surface area (Å²) in [7, 11) is 0. The Morgan fingerprint density at radius 1 is 0.893 bits per heavy atom. The summed E-state index contributed by atoms with van der Waals surface area (Å²) in [5.41, 5.74) is -0.105. The third-order valence-corrected chi connectivity index (χ3v) is 6.80. The molecule has 0 spiro atoms. The molecule has 6 heteroatoms. The molecule has 4 nitrogen and oxygen atoms in total. The standard InChI is InChI=1S/C22H34O4S2/c1-21(2,19(23)24)11-15-27-13-8-14-28-16-12-22(3,4)20(25)26-17-18-9-6-5-7-10-18/h5-7,9-10H,8,11-17H2,1-4H3,(H,23,24). The van der Waals surface area contributed by atoms with Gasteiger partial charge in [-0.3, -0.25) is 9.59 Å². The van der Waals surface area contributed by atoms with Crippen molar-refractivity contribution in [3.8, 4) is 0 Å². The Bertz CT molecular complexity index is 600. The predicted molar refractivity (Wildman–Crippen MR) is 120 cm³/mol. The van der Waals surface area contributed by atoms with Crippen LogP contribution in [0.15, 0.2) is 30.3 Å². The number of esters is 1. The number of aliphatic carboxylic acids is 1. The summed E-state index contributed by atoms with van der Waals surface area (Å²) in [4.78, 5) is 23.4. The molecule has 1 N–H and O–H groups in total. The molecule has 1 aromatic rings. The maximum absolute atomic E-state index is 12.3. The largest absolute Gasteiger partial charge is 0.481 e. The van der Waals surface area contributed by atoms with Gasteiger partial charge in [0.2, 0.25) is 0 Å². The lowest BCUT2D eigenvalue weighted by Crippen LogP contribution is -2.27. The number of rotatable bonds is 14. The lowest BCUT2D eigenvalue weighted by atomic mass is 9.90. The van der Waals surface area contributed by atoms with Gasteiger partial charge < -0.3 is 9.84 Å². The average Bonchev–Trinajstić information content (AvgIpc) is 2.65. The number of carboxylic acids is 1. The number of carbonyl (C=O) groups is 2. The van der Waals surface area contributed by atoms with E-state index in [2.05, 4.69) is 0 Å². The number of benzene rings is 1. The summed E-state index contributed by atoms with van der Waals surface area (Å²) in [5.74, 6) is 3.05. The third kappa shape index (κ3) is 9.87. The minimum absolute atomic E-state index is 0.145. The van der Waals surface area contributed by atoms with Crippen LogP contribution in [0.4, 0.5) is 0 Å². The van der Waals surface area contributed by atoms with Crippen molar-refractivity contribution < 1.29 is 19.4 Å². The Morgan fingerprint density at radius 3 is 1.96 bits per heavy atom. The van der Waals surface area contributed by atoms with Gasteiger partial charge in [0, 0.05) is 0 Å². The van der Waals surface area contributed by atoms with Crippen molar-refractivity contribution in [2.24, 2.45) is 10.8 Å². The summed E-state index contributed by atoms with van der Waals surface area (Å²) in [6.45, 7) is 7.77. The van der Waals surface area contributed by atoms with Crippen LogP contribution in [0.1, 0.15) is 52.5 Å². The van der Waals surface area contributed by atoms with E-state index in [0.717, 1.165) is 41.4 Å². The molecule has 0 amide bonds. The van der Waals surface area contributed by atoms with Gasteiger partial charge in [-0.2, -0.15) is 23.5 Å². The van der Waals surface area contributed by atoms with Crippen LogP contribution in [0.2, 0.25) is 0 Å². The van der Waals surface area contributed by atoms with E-state index in [9.17, 15) is 9.59 Å². The predicted octanol–water partition coefficient (Wildman–Crippen LogP) is 5.50. The molecule has 1 rings (SSSR count). The fraction of sp³-hybridized carbons (Fsp3) is 0.636. The highest BCUT2D eigenvalue weighted by molar-refractivity contribution is 8.00. The summed E-state index contributed by atoms with van der Waals surface area (Å²) in [5, 5.41) is 9.09. The van der Waals surface area contributed by atoms with E-state index in [4.69, 9.17) is 9.84 Å². The van der Waals surface area contributed by atoms with Gasteiger partial charge in [0.25, 0.3) is 0 Å². The molecule has 0 unspecified atom stereocenters. The molecule has 0 aliphatic rings. The van der Waals surface area contributed by atoms with Gasteiger partial charge in [-0.15, -0.1) is 0 Å². The Labute approximate surface area is 178 Å². The van der Waals surface area contributed by atoms with Gasteiger partial charge in [-0.25, -0.2) is 0 Å². The average molecular weight is 427 g/mol. The molecule has 0 fully saturated rings. The van der Waals surface area contributed by atoms with Crippen molar-refractivity contribution in [1.82, 2.24) is 0 Å². The molecule has 0 atom stereocenters. The number of carbonyl (C=O) groups excluding carboxylic acids is 1. The molecule has 0 saturated heterocycles. The van der Waals surface area contributed by atoms with Crippen molar-refractivity contribution in [1.29, 1.82) is 0 Å². The number of hydrogen-bond acceptors (Lipinski definition) is 5. The first kappa shape index (κ1) is 24.9. The zero-order valence-electron chi connectivity index (χ0n) is 17.5. The summed E-state index contributed by atoms with van der Waals surface area (Å²) < 4.78 is 5.47. The van der Waals surface area contributed by atoms with E-state index in [1.807, 2.05) is 67.7 Å². The second-order valence-corrected chi connectivity index (χ2v) is 10.7. The van der Waals surface area contributed by atoms with Crippen LogP contribution in [-0.2, 0) is 20.9 Å². The number of hydrogen-bond donors (Lipinski definition) is 1. The van der Waals surface area contributed by atoms with Crippen LogP contribution in [0.5, 0.6) is 0 Å². The maximum atomic E-state index is 12.3. The number of thioether (sulfide) groups is 2. The van der Waals surface area contributed by atoms with Crippen molar-refractivity contribution >= 4 is 35.5 Å². The Hall–Kier alpha value is -1.14. The van der Waals surface area contributed by atoms with E-state index in [1.54, 1.807) is 13.8 Å². The number of ether oxygens (including phenoxy) is 1. The highest BCUT2D eigenvalue weighted by Crippen LogP contribution is 2.26. The fourth-order valence-electron chi connectivity index (χ4n) is 2.25. The molecule has 28 heavy (non-hydrogen) atoms. The molecule has 0 aliphatic carbocycles. The van der Waals surface area contributed by atoms with Crippen LogP contribution in [0.25, 0.3) is 0 Å². The van der Waals surface area contributed by atoms with Gasteiger partial charge in [-0.1, -0.05) is 30.3 Å². The first-order valence-corrected chi connectivity index (χ1v) is 12.1. The second kappa shape index (κ2) is 12.4. The molecule has 0 aromatic heterocycles. The van der Waals surface area contributed by atoms with Gasteiger partial charge in [0.05, 0.1) is 10.8 Å². The molecule has 0 heterocycles. The molecule has 1 aromatic carbocycles. The monoisotopic (exact) mass is 426 g/mol. The zero-order chi connectivity index (χ0) is 21.0. The minimum Gasteiger partial charge on any atom is -0.481 e. The van der Waals surface area contributed by atoms with E-state index < -0.39 is 16.8 Å². The van der Waals surface area contributed by atoms with Crippen LogP contribution in [0, 0.1) is 10.8 Å². The first-order chi connectivity index (χ1) is 13.1. The Balaban J connectivity index is 2.09. The third-order valence-electron chi connectivity index (χ3n) is 4.66. The van der Waals surface area contributed by atoms with Crippen LogP contribution in [-0.4, -0.2) is 40.1 Å². The minimum atomic E-state index is -0.728. The van der Waals surface area contributed by atoms with E-state index >= 15 is 0 Å². The van der Waals surface area contributed by atoms with Crippen LogP contribution in [0.3, 0.4) is 0 Å². The van der Waals surface area contributed by atoms with Gasteiger partial charge in [0.1, 0.15) is 6.61 Å². The molecule has 0 aliphatic heterocycles. The van der Waals surface area contributed by atoms with Gasteiger partial charge in [-0.05, 0) is 75.5 Å². The molecule has 158 valence electrons. The fourth-order valence-corrected chi connectivity index (χ4v) is 4.85. The van der Waals surface area contributed by atoms with Crippen molar-refractivity contribution in [3.05, 3.63) is 35.9 Å². The second-order valence-electron chi connectivity index (χ2n) is 8.21. The van der Waals surface area contributed by atoms with E-state index in [1.165, 1.54) is 0 Å². The molecule has 0 radical (unpaired) electrons. The zero-order valence-corrected chi connectivity index (χ0v) is 19.2. The molecule has 0 saturated carbocycles. The van der Waals surface area contributed by atoms with E-state index in [0.29, 0.717) is 13.0 Å². The smallest absolute Gasteiger partial charge is 0.311 e.